The summed E-state index contributed by atoms with van der Waals surface area (Å²) in [5.74, 6) is 1.61. The highest BCUT2D eigenvalue weighted by Gasteiger charge is 2.26. The molecule has 0 saturated heterocycles. The van der Waals surface area contributed by atoms with Gasteiger partial charge in [0.2, 0.25) is 0 Å². The molecule has 5 nitrogen and oxygen atoms in total. The molecule has 3 rings (SSSR count). The second-order valence-corrected chi connectivity index (χ2v) is 6.07. The molecule has 1 aliphatic carbocycles. The van der Waals surface area contributed by atoms with Gasteiger partial charge in [0.1, 0.15) is 0 Å². The van der Waals surface area contributed by atoms with Gasteiger partial charge in [-0.2, -0.15) is 0 Å². The second kappa shape index (κ2) is 4.92. The first-order valence-corrected chi connectivity index (χ1v) is 7.27. The molecule has 1 aliphatic rings. The number of hydrogen-bond donors (Lipinski definition) is 1. The minimum atomic E-state index is 0.311. The van der Waals surface area contributed by atoms with Crippen molar-refractivity contribution in [1.82, 2.24) is 20.2 Å². The van der Waals surface area contributed by atoms with Crippen LogP contribution in [0.2, 0.25) is 0 Å². The van der Waals surface area contributed by atoms with Crippen LogP contribution in [0.1, 0.15) is 32.2 Å². The summed E-state index contributed by atoms with van der Waals surface area (Å²) in [4.78, 5) is 0. The van der Waals surface area contributed by atoms with Crippen molar-refractivity contribution in [1.29, 1.82) is 0 Å². The van der Waals surface area contributed by atoms with Crippen molar-refractivity contribution in [2.45, 2.75) is 32.2 Å². The number of nitrogens with two attached hydrogens (primary N) is 1. The molecule has 1 heterocycles. The maximum Gasteiger partial charge on any atom is 0.183 e. The van der Waals surface area contributed by atoms with Gasteiger partial charge in [-0.3, -0.25) is 0 Å². The Hall–Kier alpha value is -1.43. The van der Waals surface area contributed by atoms with E-state index in [9.17, 15) is 0 Å². The predicted octanol–water partition coefficient (Wildman–Crippen LogP) is 3.05. The number of tetrazole rings is 1. The fourth-order valence-electron chi connectivity index (χ4n) is 2.32. The van der Waals surface area contributed by atoms with Crippen molar-refractivity contribution in [3.8, 4) is 11.4 Å². The van der Waals surface area contributed by atoms with Gasteiger partial charge in [-0.05, 0) is 47.9 Å². The van der Waals surface area contributed by atoms with Gasteiger partial charge in [0, 0.05) is 15.7 Å². The van der Waals surface area contributed by atoms with Gasteiger partial charge >= 0.3 is 0 Å². The average Bonchev–Trinajstić information content (AvgIpc) is 3.06. The standard InChI is InChI=1S/C13H16BrN5/c1-8(6-9-2-3-9)19-13(16-17-18-19)11-7-10(15)4-5-12(11)14/h4-5,7-9H,2-3,6,15H2,1H3. The molecule has 1 atom stereocenters. The van der Waals surface area contributed by atoms with Crippen LogP contribution in [0.5, 0.6) is 0 Å². The molecule has 6 heteroatoms. The maximum absolute atomic E-state index is 5.85. The van der Waals surface area contributed by atoms with Crippen LogP contribution in [-0.4, -0.2) is 20.2 Å². The van der Waals surface area contributed by atoms with Gasteiger partial charge in [0.05, 0.1) is 6.04 Å². The Morgan fingerprint density at radius 3 is 3.00 bits per heavy atom. The molecule has 100 valence electrons. The molecule has 0 spiro atoms. The normalized spacial score (nSPS) is 16.5. The summed E-state index contributed by atoms with van der Waals surface area (Å²) < 4.78 is 2.86. The summed E-state index contributed by atoms with van der Waals surface area (Å²) in [7, 11) is 0. The molecular weight excluding hydrogens is 306 g/mol. The lowest BCUT2D eigenvalue weighted by Gasteiger charge is -2.13. The van der Waals surface area contributed by atoms with E-state index in [2.05, 4.69) is 38.4 Å². The van der Waals surface area contributed by atoms with Gasteiger partial charge in [-0.25, -0.2) is 4.68 Å². The monoisotopic (exact) mass is 321 g/mol. The molecule has 1 aromatic heterocycles. The van der Waals surface area contributed by atoms with Crippen LogP contribution in [0.25, 0.3) is 11.4 Å². The molecule has 0 radical (unpaired) electrons. The molecule has 0 amide bonds. The third kappa shape index (κ3) is 2.63. The number of benzene rings is 1. The lowest BCUT2D eigenvalue weighted by molar-refractivity contribution is 0.430. The topological polar surface area (TPSA) is 69.6 Å². The second-order valence-electron chi connectivity index (χ2n) is 5.21. The van der Waals surface area contributed by atoms with Gasteiger partial charge in [0.15, 0.2) is 5.82 Å². The molecule has 1 fully saturated rings. The van der Waals surface area contributed by atoms with Crippen LogP contribution < -0.4 is 5.73 Å². The molecule has 1 unspecified atom stereocenters. The number of nitrogens with zero attached hydrogens (tertiary/aromatic N) is 4. The smallest absolute Gasteiger partial charge is 0.183 e. The van der Waals surface area contributed by atoms with Crippen LogP contribution in [0.15, 0.2) is 22.7 Å². The first-order valence-electron chi connectivity index (χ1n) is 6.48. The Morgan fingerprint density at radius 1 is 1.47 bits per heavy atom. The number of hydrogen-bond acceptors (Lipinski definition) is 4. The summed E-state index contributed by atoms with van der Waals surface area (Å²) in [6.07, 6.45) is 3.81. The molecule has 1 saturated carbocycles. The first-order chi connectivity index (χ1) is 9.15. The zero-order valence-electron chi connectivity index (χ0n) is 10.8. The van der Waals surface area contributed by atoms with E-state index in [-0.39, 0.29) is 0 Å². The molecule has 19 heavy (non-hydrogen) atoms. The Kier molecular flexibility index (Phi) is 3.26. The van der Waals surface area contributed by atoms with Gasteiger partial charge < -0.3 is 5.73 Å². The molecule has 0 aliphatic heterocycles. The zero-order valence-corrected chi connectivity index (χ0v) is 12.3. The van der Waals surface area contributed by atoms with E-state index in [1.165, 1.54) is 12.8 Å². The van der Waals surface area contributed by atoms with E-state index in [0.717, 1.165) is 28.2 Å². The van der Waals surface area contributed by atoms with E-state index < -0.39 is 0 Å². The Balaban J connectivity index is 1.96. The van der Waals surface area contributed by atoms with Crippen molar-refractivity contribution in [2.75, 3.05) is 5.73 Å². The molecule has 2 N–H and O–H groups in total. The van der Waals surface area contributed by atoms with Crippen LogP contribution in [-0.2, 0) is 0 Å². The summed E-state index contributed by atoms with van der Waals surface area (Å²) in [5, 5.41) is 12.1. The SMILES string of the molecule is CC(CC1CC1)n1nnnc1-c1cc(N)ccc1Br. The van der Waals surface area contributed by atoms with Crippen molar-refractivity contribution < 1.29 is 0 Å². The lowest BCUT2D eigenvalue weighted by Crippen LogP contribution is -2.10. The number of anilines is 1. The van der Waals surface area contributed by atoms with Crippen LogP contribution in [0.3, 0.4) is 0 Å². The maximum atomic E-state index is 5.85. The third-order valence-electron chi connectivity index (χ3n) is 3.51. The highest BCUT2D eigenvalue weighted by molar-refractivity contribution is 9.10. The Morgan fingerprint density at radius 2 is 2.26 bits per heavy atom. The zero-order chi connectivity index (χ0) is 13.4. The lowest BCUT2D eigenvalue weighted by atomic mass is 10.1. The molecule has 2 aromatic rings. The Bertz CT molecular complexity index is 590. The van der Waals surface area contributed by atoms with Crippen LogP contribution in [0.4, 0.5) is 5.69 Å². The highest BCUT2D eigenvalue weighted by atomic mass is 79.9. The van der Waals surface area contributed by atoms with Crippen molar-refractivity contribution in [3.63, 3.8) is 0 Å². The quantitative estimate of drug-likeness (QED) is 0.879. The molecular formula is C13H16BrN5. The minimum absolute atomic E-state index is 0.311. The van der Waals surface area contributed by atoms with Crippen molar-refractivity contribution in [2.24, 2.45) is 5.92 Å². The van der Waals surface area contributed by atoms with Gasteiger partial charge in [0.25, 0.3) is 0 Å². The number of halogens is 1. The largest absolute Gasteiger partial charge is 0.399 e. The van der Waals surface area contributed by atoms with E-state index in [0.29, 0.717) is 11.7 Å². The van der Waals surface area contributed by atoms with Crippen LogP contribution in [0, 0.1) is 5.92 Å². The van der Waals surface area contributed by atoms with Crippen LogP contribution >= 0.6 is 15.9 Å². The fourth-order valence-corrected chi connectivity index (χ4v) is 2.74. The summed E-state index contributed by atoms with van der Waals surface area (Å²) in [6.45, 7) is 2.17. The van der Waals surface area contributed by atoms with E-state index >= 15 is 0 Å². The van der Waals surface area contributed by atoms with Crippen molar-refractivity contribution >= 4 is 21.6 Å². The van der Waals surface area contributed by atoms with E-state index in [1.807, 2.05) is 22.9 Å². The number of nitrogen functional groups attached to an aromatic ring is 1. The van der Waals surface area contributed by atoms with Gasteiger partial charge in [-0.1, -0.05) is 28.8 Å². The minimum Gasteiger partial charge on any atom is -0.399 e. The molecule has 1 aromatic carbocycles. The summed E-state index contributed by atoms with van der Waals surface area (Å²) >= 11 is 3.53. The fraction of sp³-hybridized carbons (Fsp3) is 0.462. The first kappa shape index (κ1) is 12.6. The van der Waals surface area contributed by atoms with E-state index in [1.54, 1.807) is 0 Å². The van der Waals surface area contributed by atoms with Crippen molar-refractivity contribution in [3.05, 3.63) is 22.7 Å². The Labute approximate surface area is 120 Å². The highest BCUT2D eigenvalue weighted by Crippen LogP contribution is 2.38. The predicted molar refractivity (Wildman–Crippen MR) is 77.4 cm³/mol. The third-order valence-corrected chi connectivity index (χ3v) is 4.20. The average molecular weight is 322 g/mol. The summed E-state index contributed by atoms with van der Waals surface area (Å²) in [6, 6.07) is 5.99. The number of aromatic nitrogens is 4. The van der Waals surface area contributed by atoms with Gasteiger partial charge in [-0.15, -0.1) is 5.10 Å². The molecule has 0 bridgehead atoms. The summed E-state index contributed by atoms with van der Waals surface area (Å²) in [5.41, 5.74) is 7.50. The number of rotatable bonds is 4. The van der Waals surface area contributed by atoms with E-state index in [4.69, 9.17) is 5.73 Å².